The number of aryl methyl sites for hydroxylation is 3. The lowest BCUT2D eigenvalue weighted by Crippen LogP contribution is -2.17. The maximum absolute atomic E-state index is 3.44. The van der Waals surface area contributed by atoms with E-state index < -0.39 is 0 Å². The Balaban J connectivity index is 2.05. The standard InChI is InChI=1S/C16H21NS/c1-12-6-4-5-7-14(12)8-9-16(17-3)15-10-11-18-13(15)2/h4-7,10-11,16-17H,8-9H2,1-3H3. The lowest BCUT2D eigenvalue weighted by atomic mass is 9.97. The molecule has 2 aromatic rings. The quantitative estimate of drug-likeness (QED) is 0.846. The Labute approximate surface area is 114 Å². The zero-order valence-corrected chi connectivity index (χ0v) is 12.2. The zero-order chi connectivity index (χ0) is 13.0. The van der Waals surface area contributed by atoms with Crippen LogP contribution in [-0.2, 0) is 6.42 Å². The van der Waals surface area contributed by atoms with Gasteiger partial charge in [0.1, 0.15) is 0 Å². The van der Waals surface area contributed by atoms with Gasteiger partial charge in [-0.1, -0.05) is 24.3 Å². The first-order valence-corrected chi connectivity index (χ1v) is 7.36. The van der Waals surface area contributed by atoms with Crippen LogP contribution in [0.1, 0.15) is 34.0 Å². The van der Waals surface area contributed by atoms with Gasteiger partial charge in [0.2, 0.25) is 0 Å². The molecule has 1 atom stereocenters. The summed E-state index contributed by atoms with van der Waals surface area (Å²) in [5.41, 5.74) is 4.32. The molecule has 1 aromatic carbocycles. The summed E-state index contributed by atoms with van der Waals surface area (Å²) in [5.74, 6) is 0. The molecule has 0 spiro atoms. The third kappa shape index (κ3) is 3.01. The highest BCUT2D eigenvalue weighted by Gasteiger charge is 2.12. The normalized spacial score (nSPS) is 12.6. The second-order valence-corrected chi connectivity index (χ2v) is 5.86. The number of hydrogen-bond donors (Lipinski definition) is 1. The minimum absolute atomic E-state index is 0.468. The lowest BCUT2D eigenvalue weighted by Gasteiger charge is -2.17. The van der Waals surface area contributed by atoms with Gasteiger partial charge in [-0.3, -0.25) is 0 Å². The fourth-order valence-electron chi connectivity index (χ4n) is 2.40. The molecule has 1 N–H and O–H groups in total. The summed E-state index contributed by atoms with van der Waals surface area (Å²) < 4.78 is 0. The number of benzene rings is 1. The monoisotopic (exact) mass is 259 g/mol. The molecule has 0 fully saturated rings. The van der Waals surface area contributed by atoms with Crippen LogP contribution in [0.5, 0.6) is 0 Å². The Bertz CT molecular complexity index is 501. The van der Waals surface area contributed by atoms with E-state index in [0.717, 1.165) is 12.8 Å². The van der Waals surface area contributed by atoms with Crippen molar-refractivity contribution in [1.29, 1.82) is 0 Å². The van der Waals surface area contributed by atoms with Crippen LogP contribution in [-0.4, -0.2) is 7.05 Å². The zero-order valence-electron chi connectivity index (χ0n) is 11.4. The summed E-state index contributed by atoms with van der Waals surface area (Å²) in [7, 11) is 2.06. The van der Waals surface area contributed by atoms with Crippen molar-refractivity contribution in [3.63, 3.8) is 0 Å². The van der Waals surface area contributed by atoms with Crippen molar-refractivity contribution in [3.8, 4) is 0 Å². The van der Waals surface area contributed by atoms with Crippen LogP contribution in [0.3, 0.4) is 0 Å². The van der Waals surface area contributed by atoms with Crippen LogP contribution in [0.25, 0.3) is 0 Å². The Morgan fingerprint density at radius 2 is 1.94 bits per heavy atom. The van der Waals surface area contributed by atoms with Gasteiger partial charge in [-0.05, 0) is 61.9 Å². The van der Waals surface area contributed by atoms with Crippen molar-refractivity contribution >= 4 is 11.3 Å². The van der Waals surface area contributed by atoms with Crippen molar-refractivity contribution in [2.24, 2.45) is 0 Å². The molecule has 1 aromatic heterocycles. The van der Waals surface area contributed by atoms with Gasteiger partial charge in [0.25, 0.3) is 0 Å². The van der Waals surface area contributed by atoms with Crippen molar-refractivity contribution < 1.29 is 0 Å². The van der Waals surface area contributed by atoms with Gasteiger partial charge in [0.05, 0.1) is 0 Å². The lowest BCUT2D eigenvalue weighted by molar-refractivity contribution is 0.548. The molecular formula is C16H21NS. The first-order valence-electron chi connectivity index (χ1n) is 6.48. The van der Waals surface area contributed by atoms with E-state index in [2.05, 4.69) is 61.9 Å². The highest BCUT2D eigenvalue weighted by Crippen LogP contribution is 2.26. The van der Waals surface area contributed by atoms with E-state index in [4.69, 9.17) is 0 Å². The summed E-state index contributed by atoms with van der Waals surface area (Å²) in [5, 5.41) is 5.62. The van der Waals surface area contributed by atoms with Crippen molar-refractivity contribution in [3.05, 3.63) is 57.3 Å². The summed E-state index contributed by atoms with van der Waals surface area (Å²) in [6.07, 6.45) is 2.28. The molecule has 0 radical (unpaired) electrons. The first-order chi connectivity index (χ1) is 8.72. The predicted octanol–water partition coefficient (Wildman–Crippen LogP) is 4.26. The van der Waals surface area contributed by atoms with E-state index >= 15 is 0 Å². The van der Waals surface area contributed by atoms with E-state index in [1.54, 1.807) is 0 Å². The molecule has 0 aliphatic rings. The molecule has 0 aliphatic heterocycles. The summed E-state index contributed by atoms with van der Waals surface area (Å²) in [6.45, 7) is 4.40. The Morgan fingerprint density at radius 1 is 1.17 bits per heavy atom. The maximum atomic E-state index is 3.44. The molecule has 0 aliphatic carbocycles. The van der Waals surface area contributed by atoms with Crippen LogP contribution < -0.4 is 5.32 Å². The highest BCUT2D eigenvalue weighted by atomic mass is 32.1. The second kappa shape index (κ2) is 6.17. The smallest absolute Gasteiger partial charge is 0.0331 e. The number of thiophene rings is 1. The predicted molar refractivity (Wildman–Crippen MR) is 80.4 cm³/mol. The first kappa shape index (κ1) is 13.3. The molecule has 2 heteroatoms. The van der Waals surface area contributed by atoms with E-state index in [0.29, 0.717) is 6.04 Å². The van der Waals surface area contributed by atoms with Gasteiger partial charge in [-0.15, -0.1) is 11.3 Å². The number of hydrogen-bond acceptors (Lipinski definition) is 2. The van der Waals surface area contributed by atoms with Gasteiger partial charge in [-0.25, -0.2) is 0 Å². The molecular weight excluding hydrogens is 238 g/mol. The minimum atomic E-state index is 0.468. The van der Waals surface area contributed by atoms with E-state index in [9.17, 15) is 0 Å². The summed E-state index contributed by atoms with van der Waals surface area (Å²) in [6, 6.07) is 11.4. The molecule has 1 heterocycles. The van der Waals surface area contributed by atoms with E-state index in [1.165, 1.54) is 21.6 Å². The average molecular weight is 259 g/mol. The third-order valence-electron chi connectivity index (χ3n) is 3.59. The molecule has 0 bridgehead atoms. The molecule has 0 saturated carbocycles. The van der Waals surface area contributed by atoms with Gasteiger partial charge in [0.15, 0.2) is 0 Å². The van der Waals surface area contributed by atoms with Gasteiger partial charge in [-0.2, -0.15) is 0 Å². The van der Waals surface area contributed by atoms with Gasteiger partial charge >= 0.3 is 0 Å². The Kier molecular flexibility index (Phi) is 4.56. The molecule has 2 rings (SSSR count). The maximum Gasteiger partial charge on any atom is 0.0331 e. The SMILES string of the molecule is CNC(CCc1ccccc1C)c1ccsc1C. The Morgan fingerprint density at radius 3 is 2.56 bits per heavy atom. The van der Waals surface area contributed by atoms with Crippen molar-refractivity contribution in [2.45, 2.75) is 32.7 Å². The van der Waals surface area contributed by atoms with Crippen molar-refractivity contribution in [2.75, 3.05) is 7.05 Å². The third-order valence-corrected chi connectivity index (χ3v) is 4.45. The van der Waals surface area contributed by atoms with Crippen LogP contribution in [0.2, 0.25) is 0 Å². The van der Waals surface area contributed by atoms with E-state index in [-0.39, 0.29) is 0 Å². The molecule has 0 saturated heterocycles. The molecule has 0 amide bonds. The highest BCUT2D eigenvalue weighted by molar-refractivity contribution is 7.10. The topological polar surface area (TPSA) is 12.0 Å². The van der Waals surface area contributed by atoms with Crippen LogP contribution in [0.4, 0.5) is 0 Å². The molecule has 1 unspecified atom stereocenters. The van der Waals surface area contributed by atoms with Crippen LogP contribution in [0.15, 0.2) is 35.7 Å². The number of rotatable bonds is 5. The fourth-order valence-corrected chi connectivity index (χ4v) is 3.17. The Hall–Kier alpha value is -1.12. The fraction of sp³-hybridized carbons (Fsp3) is 0.375. The summed E-state index contributed by atoms with van der Waals surface area (Å²) >= 11 is 1.83. The largest absolute Gasteiger partial charge is 0.313 e. The molecule has 1 nitrogen and oxygen atoms in total. The van der Waals surface area contributed by atoms with Crippen molar-refractivity contribution in [1.82, 2.24) is 5.32 Å². The van der Waals surface area contributed by atoms with Gasteiger partial charge in [0, 0.05) is 10.9 Å². The molecule has 96 valence electrons. The number of nitrogens with one attached hydrogen (secondary N) is 1. The van der Waals surface area contributed by atoms with E-state index in [1.807, 2.05) is 11.3 Å². The molecule has 18 heavy (non-hydrogen) atoms. The van der Waals surface area contributed by atoms with Crippen LogP contribution >= 0.6 is 11.3 Å². The minimum Gasteiger partial charge on any atom is -0.313 e. The second-order valence-electron chi connectivity index (χ2n) is 4.74. The van der Waals surface area contributed by atoms with Gasteiger partial charge < -0.3 is 5.32 Å². The summed E-state index contributed by atoms with van der Waals surface area (Å²) in [4.78, 5) is 1.43. The average Bonchev–Trinajstić information content (AvgIpc) is 2.79. The van der Waals surface area contributed by atoms with Crippen LogP contribution in [0, 0.1) is 13.8 Å².